The smallest absolute Gasteiger partial charge is 0.355 e. The highest BCUT2D eigenvalue weighted by molar-refractivity contribution is 9.10. The van der Waals surface area contributed by atoms with Gasteiger partial charge in [-0.1, -0.05) is 12.1 Å². The van der Waals surface area contributed by atoms with E-state index in [0.717, 1.165) is 4.47 Å². The van der Waals surface area contributed by atoms with Crippen LogP contribution < -0.4 is 5.56 Å². The first-order chi connectivity index (χ1) is 10.5. The summed E-state index contributed by atoms with van der Waals surface area (Å²) in [6, 6.07) is 8.62. The Morgan fingerprint density at radius 2 is 2.14 bits per heavy atom. The molecule has 0 fully saturated rings. The van der Waals surface area contributed by atoms with Crippen LogP contribution in [0.5, 0.6) is 0 Å². The Kier molecular flexibility index (Phi) is 3.81. The van der Waals surface area contributed by atoms with E-state index >= 15 is 0 Å². The van der Waals surface area contributed by atoms with Crippen molar-refractivity contribution in [2.45, 2.75) is 13.0 Å². The average Bonchev–Trinajstić information content (AvgIpc) is 2.94. The second kappa shape index (κ2) is 5.76. The molecule has 1 unspecified atom stereocenters. The monoisotopic (exact) mass is 361 g/mol. The Hall–Kier alpha value is -2.41. The van der Waals surface area contributed by atoms with E-state index in [1.807, 2.05) is 0 Å². The van der Waals surface area contributed by atoms with E-state index in [1.165, 1.54) is 0 Å². The number of H-pyrrole nitrogens is 2. The lowest BCUT2D eigenvalue weighted by Gasteiger charge is -2.12. The lowest BCUT2D eigenvalue weighted by Crippen LogP contribution is -2.17. The normalized spacial score (nSPS) is 12.3. The molecular weight excluding hydrogens is 350 g/mol. The Morgan fingerprint density at radius 3 is 2.86 bits per heavy atom. The van der Waals surface area contributed by atoms with Crippen LogP contribution in [-0.2, 0) is 4.74 Å². The minimum absolute atomic E-state index is 0.258. The zero-order valence-electron chi connectivity index (χ0n) is 11.6. The van der Waals surface area contributed by atoms with Crippen molar-refractivity contribution in [3.8, 4) is 0 Å². The second-order valence-corrected chi connectivity index (χ2v) is 5.66. The Balaban J connectivity index is 1.87. The number of hydrogen-bond acceptors (Lipinski definition) is 4. The molecule has 0 saturated heterocycles. The molecule has 0 saturated carbocycles. The summed E-state index contributed by atoms with van der Waals surface area (Å²) in [7, 11) is 0. The van der Waals surface area contributed by atoms with Gasteiger partial charge in [0.2, 0.25) is 0 Å². The van der Waals surface area contributed by atoms with Crippen LogP contribution in [0, 0.1) is 0 Å². The summed E-state index contributed by atoms with van der Waals surface area (Å²) in [6.07, 6.45) is 0.962. The number of hydrogen-bond donors (Lipinski definition) is 2. The number of aromatic nitrogens is 3. The maximum Gasteiger partial charge on any atom is 0.355 e. The predicted octanol–water partition coefficient (Wildman–Crippen LogP) is 2.93. The van der Waals surface area contributed by atoms with Gasteiger partial charge >= 0.3 is 5.97 Å². The SMILES string of the molecule is CC(OC(=O)c1cc(Br)c[nH]1)c1nc2ccccc2c(=O)[nH]1. The summed E-state index contributed by atoms with van der Waals surface area (Å²) >= 11 is 3.25. The van der Waals surface area contributed by atoms with Crippen LogP contribution in [0.1, 0.15) is 29.3 Å². The van der Waals surface area contributed by atoms with Crippen molar-refractivity contribution in [3.05, 3.63) is 62.9 Å². The van der Waals surface area contributed by atoms with Crippen LogP contribution in [0.15, 0.2) is 45.8 Å². The summed E-state index contributed by atoms with van der Waals surface area (Å²) < 4.78 is 6.07. The number of para-hydroxylation sites is 1. The van der Waals surface area contributed by atoms with E-state index in [9.17, 15) is 9.59 Å². The summed E-state index contributed by atoms with van der Waals surface area (Å²) in [5, 5.41) is 0.498. The van der Waals surface area contributed by atoms with E-state index in [1.54, 1.807) is 43.5 Å². The van der Waals surface area contributed by atoms with E-state index in [2.05, 4.69) is 30.9 Å². The molecule has 0 amide bonds. The molecule has 22 heavy (non-hydrogen) atoms. The molecule has 3 aromatic rings. The highest BCUT2D eigenvalue weighted by Crippen LogP contribution is 2.17. The van der Waals surface area contributed by atoms with Crippen molar-refractivity contribution in [1.82, 2.24) is 15.0 Å². The molecule has 2 heterocycles. The number of carbonyl (C=O) groups is 1. The maximum atomic E-state index is 12.0. The van der Waals surface area contributed by atoms with Crippen molar-refractivity contribution in [2.75, 3.05) is 0 Å². The van der Waals surface area contributed by atoms with Gasteiger partial charge in [0.25, 0.3) is 5.56 Å². The molecule has 3 rings (SSSR count). The highest BCUT2D eigenvalue weighted by Gasteiger charge is 2.17. The van der Waals surface area contributed by atoms with Crippen LogP contribution in [0.25, 0.3) is 10.9 Å². The van der Waals surface area contributed by atoms with Gasteiger partial charge < -0.3 is 14.7 Å². The molecule has 0 aliphatic heterocycles. The number of aromatic amines is 2. The topological polar surface area (TPSA) is 87.8 Å². The van der Waals surface area contributed by atoms with Gasteiger partial charge in [-0.15, -0.1) is 0 Å². The summed E-state index contributed by atoms with van der Waals surface area (Å²) in [5.74, 6) is -0.211. The number of esters is 1. The van der Waals surface area contributed by atoms with Crippen LogP contribution in [-0.4, -0.2) is 20.9 Å². The maximum absolute atomic E-state index is 12.0. The van der Waals surface area contributed by atoms with Gasteiger partial charge in [0.1, 0.15) is 5.69 Å². The molecule has 6 nitrogen and oxygen atoms in total. The third kappa shape index (κ3) is 2.80. The third-order valence-electron chi connectivity index (χ3n) is 3.17. The Bertz CT molecular complexity index is 900. The molecule has 0 aliphatic carbocycles. The van der Waals surface area contributed by atoms with E-state index in [4.69, 9.17) is 4.74 Å². The van der Waals surface area contributed by atoms with Crippen LogP contribution in [0.3, 0.4) is 0 Å². The van der Waals surface area contributed by atoms with Gasteiger partial charge in [0, 0.05) is 10.7 Å². The van der Waals surface area contributed by atoms with Crippen molar-refractivity contribution in [1.29, 1.82) is 0 Å². The second-order valence-electron chi connectivity index (χ2n) is 4.75. The van der Waals surface area contributed by atoms with E-state index < -0.39 is 12.1 Å². The lowest BCUT2D eigenvalue weighted by molar-refractivity contribution is 0.0314. The predicted molar refractivity (Wildman–Crippen MR) is 84.7 cm³/mol. The van der Waals surface area contributed by atoms with Crippen LogP contribution in [0.4, 0.5) is 0 Å². The fraction of sp³-hybridized carbons (Fsp3) is 0.133. The molecule has 2 aromatic heterocycles. The third-order valence-corrected chi connectivity index (χ3v) is 3.63. The molecule has 0 aliphatic rings. The van der Waals surface area contributed by atoms with Crippen LogP contribution in [0.2, 0.25) is 0 Å². The fourth-order valence-electron chi connectivity index (χ4n) is 2.06. The Morgan fingerprint density at radius 1 is 1.36 bits per heavy atom. The molecule has 1 atom stereocenters. The standard InChI is InChI=1S/C15H12BrN3O3/c1-8(22-15(21)12-6-9(16)7-17-12)13-18-11-5-3-2-4-10(11)14(20)19-13/h2-8,17H,1H3,(H,18,19,20). The number of benzene rings is 1. The number of nitrogens with one attached hydrogen (secondary N) is 2. The van der Waals surface area contributed by atoms with Gasteiger partial charge in [-0.05, 0) is 41.1 Å². The summed E-state index contributed by atoms with van der Waals surface area (Å²) in [6.45, 7) is 1.66. The lowest BCUT2D eigenvalue weighted by atomic mass is 10.2. The quantitative estimate of drug-likeness (QED) is 0.702. The molecule has 0 spiro atoms. The average molecular weight is 362 g/mol. The van der Waals surface area contributed by atoms with E-state index in [0.29, 0.717) is 22.4 Å². The largest absolute Gasteiger partial charge is 0.450 e. The van der Waals surface area contributed by atoms with Crippen LogP contribution >= 0.6 is 15.9 Å². The van der Waals surface area contributed by atoms with Gasteiger partial charge in [-0.2, -0.15) is 0 Å². The number of ether oxygens (including phenoxy) is 1. The zero-order chi connectivity index (χ0) is 15.7. The molecule has 0 bridgehead atoms. The van der Waals surface area contributed by atoms with Gasteiger partial charge in [-0.3, -0.25) is 4.79 Å². The molecule has 2 N–H and O–H groups in total. The van der Waals surface area contributed by atoms with Crippen molar-refractivity contribution < 1.29 is 9.53 Å². The zero-order valence-corrected chi connectivity index (χ0v) is 13.2. The number of halogens is 1. The molecule has 0 radical (unpaired) electrons. The molecule has 7 heteroatoms. The molecular formula is C15H12BrN3O3. The fourth-order valence-corrected chi connectivity index (χ4v) is 2.41. The highest BCUT2D eigenvalue weighted by atomic mass is 79.9. The minimum atomic E-state index is -0.674. The van der Waals surface area contributed by atoms with Gasteiger partial charge in [0.15, 0.2) is 11.9 Å². The number of nitrogens with zero attached hydrogens (tertiary/aromatic N) is 1. The summed E-state index contributed by atoms with van der Waals surface area (Å²) in [4.78, 5) is 33.8. The molecule has 112 valence electrons. The number of rotatable bonds is 3. The van der Waals surface area contributed by atoms with Gasteiger partial charge in [-0.25, -0.2) is 9.78 Å². The summed E-state index contributed by atoms with van der Waals surface area (Å²) in [5.41, 5.74) is 0.625. The minimum Gasteiger partial charge on any atom is -0.450 e. The first-order valence-electron chi connectivity index (χ1n) is 6.58. The Labute approximate surface area is 133 Å². The van der Waals surface area contributed by atoms with Gasteiger partial charge in [0.05, 0.1) is 10.9 Å². The first-order valence-corrected chi connectivity index (χ1v) is 7.38. The number of carbonyl (C=O) groups excluding carboxylic acids is 1. The molecule has 1 aromatic carbocycles. The first kappa shape index (κ1) is 14.5. The van der Waals surface area contributed by atoms with Crippen molar-refractivity contribution in [2.24, 2.45) is 0 Å². The van der Waals surface area contributed by atoms with Crippen molar-refractivity contribution >= 4 is 32.8 Å². The van der Waals surface area contributed by atoms with E-state index in [-0.39, 0.29) is 5.56 Å². The number of fused-ring (bicyclic) bond motifs is 1. The van der Waals surface area contributed by atoms with Crippen molar-refractivity contribution in [3.63, 3.8) is 0 Å².